The van der Waals surface area contributed by atoms with Crippen molar-refractivity contribution in [2.24, 2.45) is 0 Å². The first-order valence-electron chi connectivity index (χ1n) is 5.19. The average Bonchev–Trinajstić information content (AvgIpc) is 2.40. The van der Waals surface area contributed by atoms with E-state index in [4.69, 9.17) is 10.5 Å². The summed E-state index contributed by atoms with van der Waals surface area (Å²) < 4.78 is 13.0. The second kappa shape index (κ2) is 4.99. The van der Waals surface area contributed by atoms with Crippen LogP contribution in [-0.2, 0) is 0 Å². The molecule has 2 aromatic rings. The van der Waals surface area contributed by atoms with Crippen LogP contribution in [0.1, 0.15) is 0 Å². The van der Waals surface area contributed by atoms with Crippen LogP contribution in [0.4, 0.5) is 10.1 Å². The molecule has 3 nitrogen and oxygen atoms in total. The van der Waals surface area contributed by atoms with Crippen molar-refractivity contribution in [1.82, 2.24) is 0 Å². The van der Waals surface area contributed by atoms with Crippen LogP contribution in [0.25, 0.3) is 10.8 Å². The van der Waals surface area contributed by atoms with E-state index in [0.29, 0.717) is 0 Å². The van der Waals surface area contributed by atoms with E-state index in [-0.39, 0.29) is 11.4 Å². The van der Waals surface area contributed by atoms with Crippen LogP contribution in [0.5, 0.6) is 0 Å². The summed E-state index contributed by atoms with van der Waals surface area (Å²) in [4.78, 5) is 0. The van der Waals surface area contributed by atoms with Gasteiger partial charge in [-0.3, -0.25) is 0 Å². The molecule has 18 heavy (non-hydrogen) atoms. The Hall–Kier alpha value is -2.85. The van der Waals surface area contributed by atoms with Crippen LogP contribution < -0.4 is 5.32 Å². The average molecular weight is 237 g/mol. The van der Waals surface area contributed by atoms with Gasteiger partial charge >= 0.3 is 0 Å². The van der Waals surface area contributed by atoms with Gasteiger partial charge in [-0.15, -0.1) is 0 Å². The van der Waals surface area contributed by atoms with Gasteiger partial charge in [-0.25, -0.2) is 4.39 Å². The highest BCUT2D eigenvalue weighted by atomic mass is 19.1. The third-order valence-electron chi connectivity index (χ3n) is 2.43. The molecular weight excluding hydrogens is 229 g/mol. The second-order valence-electron chi connectivity index (χ2n) is 3.63. The lowest BCUT2D eigenvalue weighted by molar-refractivity contribution is 0.630. The number of halogens is 1. The quantitative estimate of drug-likeness (QED) is 0.815. The number of benzene rings is 2. The van der Waals surface area contributed by atoms with Crippen molar-refractivity contribution in [2.45, 2.75) is 0 Å². The Morgan fingerprint density at radius 1 is 1.06 bits per heavy atom. The van der Waals surface area contributed by atoms with E-state index >= 15 is 0 Å². The molecule has 4 heteroatoms. The van der Waals surface area contributed by atoms with Crippen LogP contribution in [-0.4, -0.2) is 0 Å². The number of hydrogen-bond acceptors (Lipinski definition) is 3. The van der Waals surface area contributed by atoms with Gasteiger partial charge in [0.15, 0.2) is 0 Å². The topological polar surface area (TPSA) is 59.6 Å². The standard InChI is InChI=1S/C14H8FN3/c15-13-3-1-12-6-14(4-2-11(12)5-13)18-9-10(7-16)8-17/h1-6,9,18H. The predicted octanol–water partition coefficient (Wildman–Crippen LogP) is 3.32. The number of allylic oxidation sites excluding steroid dienone is 1. The lowest BCUT2D eigenvalue weighted by Crippen LogP contribution is -1.89. The fourth-order valence-electron chi connectivity index (χ4n) is 1.55. The van der Waals surface area contributed by atoms with Crippen molar-refractivity contribution < 1.29 is 4.39 Å². The number of nitrogens with zero attached hydrogens (tertiary/aromatic N) is 2. The molecule has 0 spiro atoms. The van der Waals surface area contributed by atoms with E-state index < -0.39 is 0 Å². The summed E-state index contributed by atoms with van der Waals surface area (Å²) in [6, 6.07) is 13.4. The summed E-state index contributed by atoms with van der Waals surface area (Å²) in [6.07, 6.45) is 1.34. The first-order chi connectivity index (χ1) is 8.72. The molecule has 0 heterocycles. The molecule has 0 saturated heterocycles. The van der Waals surface area contributed by atoms with Crippen molar-refractivity contribution >= 4 is 16.5 Å². The summed E-state index contributed by atoms with van der Waals surface area (Å²) in [5, 5.41) is 21.7. The van der Waals surface area contributed by atoms with Gasteiger partial charge in [0.2, 0.25) is 0 Å². The molecule has 0 aliphatic heterocycles. The molecule has 0 amide bonds. The highest BCUT2D eigenvalue weighted by molar-refractivity contribution is 5.85. The smallest absolute Gasteiger partial charge is 0.145 e. The zero-order valence-corrected chi connectivity index (χ0v) is 9.31. The maximum absolute atomic E-state index is 13.0. The van der Waals surface area contributed by atoms with Crippen molar-refractivity contribution in [2.75, 3.05) is 5.32 Å². The Morgan fingerprint density at radius 3 is 2.44 bits per heavy atom. The van der Waals surface area contributed by atoms with Gasteiger partial charge in [0, 0.05) is 11.9 Å². The molecule has 0 bridgehead atoms. The Labute approximate surface area is 103 Å². The maximum Gasteiger partial charge on any atom is 0.145 e. The fourth-order valence-corrected chi connectivity index (χ4v) is 1.55. The zero-order valence-electron chi connectivity index (χ0n) is 9.31. The van der Waals surface area contributed by atoms with Crippen molar-refractivity contribution in [3.05, 3.63) is 54.0 Å². The first kappa shape index (κ1) is 11.6. The Kier molecular flexibility index (Phi) is 3.22. The largest absolute Gasteiger partial charge is 0.360 e. The third kappa shape index (κ3) is 2.45. The SMILES string of the molecule is N#CC(C#N)=CNc1ccc2cc(F)ccc2c1. The minimum atomic E-state index is -0.278. The summed E-state index contributed by atoms with van der Waals surface area (Å²) in [5.41, 5.74) is 0.728. The molecule has 0 aromatic heterocycles. The van der Waals surface area contributed by atoms with Gasteiger partial charge in [-0.05, 0) is 35.0 Å². The number of nitriles is 2. The third-order valence-corrected chi connectivity index (χ3v) is 2.43. The lowest BCUT2D eigenvalue weighted by atomic mass is 10.1. The van der Waals surface area contributed by atoms with E-state index in [0.717, 1.165) is 16.5 Å². The van der Waals surface area contributed by atoms with E-state index in [1.165, 1.54) is 18.3 Å². The van der Waals surface area contributed by atoms with Crippen molar-refractivity contribution in [1.29, 1.82) is 10.5 Å². The summed E-state index contributed by atoms with van der Waals surface area (Å²) in [7, 11) is 0. The molecule has 0 unspecified atom stereocenters. The summed E-state index contributed by atoms with van der Waals surface area (Å²) in [6.45, 7) is 0. The van der Waals surface area contributed by atoms with Crippen molar-refractivity contribution in [3.8, 4) is 12.1 Å². The fraction of sp³-hybridized carbons (Fsp3) is 0. The van der Waals surface area contributed by atoms with E-state index in [1.54, 1.807) is 30.3 Å². The normalized spacial score (nSPS) is 9.28. The van der Waals surface area contributed by atoms with Crippen LogP contribution in [0.15, 0.2) is 48.2 Å². The molecule has 0 atom stereocenters. The molecule has 0 aliphatic rings. The first-order valence-corrected chi connectivity index (χ1v) is 5.19. The molecule has 86 valence electrons. The highest BCUT2D eigenvalue weighted by Crippen LogP contribution is 2.20. The monoisotopic (exact) mass is 237 g/mol. The highest BCUT2D eigenvalue weighted by Gasteiger charge is 1.98. The molecule has 2 aromatic carbocycles. The molecule has 0 fully saturated rings. The number of nitrogens with one attached hydrogen (secondary N) is 1. The molecular formula is C14H8FN3. The number of hydrogen-bond donors (Lipinski definition) is 1. The van der Waals surface area contributed by atoms with Gasteiger partial charge in [0.1, 0.15) is 23.5 Å². The Balaban J connectivity index is 2.32. The Morgan fingerprint density at radius 2 is 1.72 bits per heavy atom. The van der Waals surface area contributed by atoms with Crippen LogP contribution in [0.2, 0.25) is 0 Å². The number of anilines is 1. The maximum atomic E-state index is 13.0. The van der Waals surface area contributed by atoms with Crippen LogP contribution in [0.3, 0.4) is 0 Å². The number of fused-ring (bicyclic) bond motifs is 1. The Bertz CT molecular complexity index is 689. The van der Waals surface area contributed by atoms with Crippen molar-refractivity contribution in [3.63, 3.8) is 0 Å². The molecule has 0 aliphatic carbocycles. The van der Waals surface area contributed by atoms with Gasteiger partial charge < -0.3 is 5.32 Å². The lowest BCUT2D eigenvalue weighted by Gasteiger charge is -2.03. The van der Waals surface area contributed by atoms with Gasteiger partial charge in [-0.2, -0.15) is 10.5 Å². The van der Waals surface area contributed by atoms with E-state index in [1.807, 2.05) is 6.07 Å². The van der Waals surface area contributed by atoms with E-state index in [2.05, 4.69) is 5.32 Å². The number of rotatable bonds is 2. The summed E-state index contributed by atoms with van der Waals surface area (Å²) in [5.74, 6) is -0.278. The molecule has 0 saturated carbocycles. The van der Waals surface area contributed by atoms with Gasteiger partial charge in [0.05, 0.1) is 0 Å². The minimum Gasteiger partial charge on any atom is -0.360 e. The van der Waals surface area contributed by atoms with Crippen LogP contribution in [0, 0.1) is 28.5 Å². The molecule has 1 N–H and O–H groups in total. The predicted molar refractivity (Wildman–Crippen MR) is 66.8 cm³/mol. The molecule has 0 radical (unpaired) electrons. The minimum absolute atomic E-state index is 0.00537. The van der Waals surface area contributed by atoms with E-state index in [9.17, 15) is 4.39 Å². The summed E-state index contributed by atoms with van der Waals surface area (Å²) >= 11 is 0. The van der Waals surface area contributed by atoms with Crippen LogP contribution >= 0.6 is 0 Å². The van der Waals surface area contributed by atoms with Gasteiger partial charge in [-0.1, -0.05) is 12.1 Å². The molecule has 2 rings (SSSR count). The van der Waals surface area contributed by atoms with Gasteiger partial charge in [0.25, 0.3) is 0 Å². The zero-order chi connectivity index (χ0) is 13.0. The second-order valence-corrected chi connectivity index (χ2v) is 3.63.